The number of nitrogens with one attached hydrogen (secondary N) is 1. The monoisotopic (exact) mass is 295 g/mol. The molecule has 0 aliphatic heterocycles. The van der Waals surface area contributed by atoms with E-state index in [9.17, 15) is 0 Å². The van der Waals surface area contributed by atoms with Crippen LogP contribution < -0.4 is 0 Å². The quantitative estimate of drug-likeness (QED) is 0.861. The second-order valence-electron chi connectivity index (χ2n) is 6.67. The van der Waals surface area contributed by atoms with Crippen molar-refractivity contribution in [1.29, 1.82) is 0 Å². The SMILES string of the molecule is CN(Cc1cccc(-c2nn[nH]n2)c1)C[C@@H]1C[C@@H]2C=C[C@H]1C2. The Labute approximate surface area is 130 Å². The van der Waals surface area contributed by atoms with Gasteiger partial charge in [-0.1, -0.05) is 30.4 Å². The Kier molecular flexibility index (Phi) is 3.50. The molecule has 1 aromatic heterocycles. The predicted molar refractivity (Wildman–Crippen MR) is 84.8 cm³/mol. The number of tetrazole rings is 1. The van der Waals surface area contributed by atoms with E-state index in [4.69, 9.17) is 0 Å². The van der Waals surface area contributed by atoms with Crippen molar-refractivity contribution in [3.63, 3.8) is 0 Å². The first-order valence-electron chi connectivity index (χ1n) is 7.97. The van der Waals surface area contributed by atoms with E-state index in [0.717, 1.165) is 29.9 Å². The van der Waals surface area contributed by atoms with Crippen LogP contribution in [-0.4, -0.2) is 39.1 Å². The van der Waals surface area contributed by atoms with Gasteiger partial charge in [0, 0.05) is 18.7 Å². The highest BCUT2D eigenvalue weighted by Gasteiger charge is 2.35. The van der Waals surface area contributed by atoms with Gasteiger partial charge >= 0.3 is 0 Å². The molecule has 2 bridgehead atoms. The average Bonchev–Trinajstić information content (AvgIpc) is 3.25. The van der Waals surface area contributed by atoms with E-state index >= 15 is 0 Å². The molecule has 1 aromatic carbocycles. The third-order valence-electron chi connectivity index (χ3n) is 4.95. The molecule has 2 aliphatic carbocycles. The summed E-state index contributed by atoms with van der Waals surface area (Å²) in [5, 5.41) is 14.2. The number of aromatic nitrogens is 4. The molecule has 5 nitrogen and oxygen atoms in total. The van der Waals surface area contributed by atoms with Gasteiger partial charge in [-0.3, -0.25) is 0 Å². The summed E-state index contributed by atoms with van der Waals surface area (Å²) in [7, 11) is 2.22. The number of nitrogens with zero attached hydrogens (tertiary/aromatic N) is 4. The van der Waals surface area contributed by atoms with Crippen LogP contribution in [0.5, 0.6) is 0 Å². The van der Waals surface area contributed by atoms with Gasteiger partial charge in [0.1, 0.15) is 0 Å². The van der Waals surface area contributed by atoms with Gasteiger partial charge < -0.3 is 4.90 Å². The van der Waals surface area contributed by atoms with Crippen molar-refractivity contribution in [3.05, 3.63) is 42.0 Å². The van der Waals surface area contributed by atoms with Gasteiger partial charge in [-0.25, -0.2) is 0 Å². The lowest BCUT2D eigenvalue weighted by Gasteiger charge is -2.25. The highest BCUT2D eigenvalue weighted by Crippen LogP contribution is 2.43. The van der Waals surface area contributed by atoms with Crippen molar-refractivity contribution < 1.29 is 0 Å². The lowest BCUT2D eigenvalue weighted by atomic mass is 9.93. The van der Waals surface area contributed by atoms with E-state index in [-0.39, 0.29) is 0 Å². The standard InChI is InChI=1S/C17H21N5/c1-22(11-16-8-12-5-6-14(16)7-12)10-13-3-2-4-15(9-13)17-18-20-21-19-17/h2-6,9,12,14,16H,7-8,10-11H2,1H3,(H,18,19,20,21)/t12-,14+,16+/m1/s1. The number of hydrogen-bond donors (Lipinski definition) is 1. The van der Waals surface area contributed by atoms with Gasteiger partial charge in [-0.2, -0.15) is 5.21 Å². The fourth-order valence-corrected chi connectivity index (χ4v) is 3.97. The van der Waals surface area contributed by atoms with Crippen LogP contribution >= 0.6 is 0 Å². The van der Waals surface area contributed by atoms with E-state index in [0.29, 0.717) is 5.82 Å². The summed E-state index contributed by atoms with van der Waals surface area (Å²) in [6.07, 6.45) is 7.60. The van der Waals surface area contributed by atoms with Gasteiger partial charge in [0.2, 0.25) is 5.82 Å². The Hall–Kier alpha value is -2.01. The smallest absolute Gasteiger partial charge is 0.204 e. The van der Waals surface area contributed by atoms with E-state index in [1.54, 1.807) is 0 Å². The third-order valence-corrected chi connectivity index (χ3v) is 4.95. The lowest BCUT2D eigenvalue weighted by molar-refractivity contribution is 0.248. The first-order chi connectivity index (χ1) is 10.8. The zero-order valence-corrected chi connectivity index (χ0v) is 12.8. The summed E-state index contributed by atoms with van der Waals surface area (Å²) in [4.78, 5) is 2.44. The molecule has 0 unspecified atom stereocenters. The molecule has 5 heteroatoms. The number of allylic oxidation sites excluding steroid dienone is 2. The van der Waals surface area contributed by atoms with E-state index < -0.39 is 0 Å². The second kappa shape index (κ2) is 5.65. The summed E-state index contributed by atoms with van der Waals surface area (Å²) in [6, 6.07) is 8.41. The van der Waals surface area contributed by atoms with Gasteiger partial charge in [-0.15, -0.1) is 10.2 Å². The number of H-pyrrole nitrogens is 1. The fourth-order valence-electron chi connectivity index (χ4n) is 3.97. The minimum absolute atomic E-state index is 0.655. The van der Waals surface area contributed by atoms with Crippen molar-refractivity contribution in [1.82, 2.24) is 25.5 Å². The molecule has 1 N–H and O–H groups in total. The minimum Gasteiger partial charge on any atom is -0.302 e. The maximum absolute atomic E-state index is 4.05. The highest BCUT2D eigenvalue weighted by molar-refractivity contribution is 5.54. The third kappa shape index (κ3) is 2.68. The number of rotatable bonds is 5. The Bertz CT molecular complexity index is 663. The first-order valence-corrected chi connectivity index (χ1v) is 7.97. The molecule has 0 spiro atoms. The Balaban J connectivity index is 1.40. The summed E-state index contributed by atoms with van der Waals surface area (Å²) in [5.41, 5.74) is 2.31. The Morgan fingerprint density at radius 3 is 2.95 bits per heavy atom. The zero-order chi connectivity index (χ0) is 14.9. The van der Waals surface area contributed by atoms with Crippen LogP contribution in [0.4, 0.5) is 0 Å². The van der Waals surface area contributed by atoms with E-state index in [2.05, 4.69) is 62.9 Å². The predicted octanol–water partition coefficient (Wildman–Crippen LogP) is 2.51. The molecule has 22 heavy (non-hydrogen) atoms. The fraction of sp³-hybridized carbons (Fsp3) is 0.471. The van der Waals surface area contributed by atoms with Crippen LogP contribution in [0.2, 0.25) is 0 Å². The summed E-state index contributed by atoms with van der Waals surface area (Å²) >= 11 is 0. The minimum atomic E-state index is 0.655. The van der Waals surface area contributed by atoms with E-state index in [1.807, 2.05) is 6.07 Å². The van der Waals surface area contributed by atoms with Crippen LogP contribution in [0, 0.1) is 17.8 Å². The Morgan fingerprint density at radius 2 is 2.23 bits per heavy atom. The molecule has 0 amide bonds. The lowest BCUT2D eigenvalue weighted by Crippen LogP contribution is -2.27. The topological polar surface area (TPSA) is 57.7 Å². The average molecular weight is 295 g/mol. The first kappa shape index (κ1) is 13.6. The molecular weight excluding hydrogens is 274 g/mol. The van der Waals surface area contributed by atoms with Crippen LogP contribution in [0.15, 0.2) is 36.4 Å². The molecule has 1 fully saturated rings. The van der Waals surface area contributed by atoms with Crippen molar-refractivity contribution >= 4 is 0 Å². The largest absolute Gasteiger partial charge is 0.302 e. The van der Waals surface area contributed by atoms with Crippen molar-refractivity contribution in [2.75, 3.05) is 13.6 Å². The molecule has 3 atom stereocenters. The number of benzene rings is 1. The second-order valence-corrected chi connectivity index (χ2v) is 6.67. The zero-order valence-electron chi connectivity index (χ0n) is 12.8. The molecule has 2 aromatic rings. The van der Waals surface area contributed by atoms with Crippen molar-refractivity contribution in [3.8, 4) is 11.4 Å². The summed E-state index contributed by atoms with van der Waals surface area (Å²) < 4.78 is 0. The van der Waals surface area contributed by atoms with Crippen LogP contribution in [0.3, 0.4) is 0 Å². The van der Waals surface area contributed by atoms with Crippen molar-refractivity contribution in [2.45, 2.75) is 19.4 Å². The summed E-state index contributed by atoms with van der Waals surface area (Å²) in [5.74, 6) is 3.16. The molecule has 4 rings (SSSR count). The molecule has 114 valence electrons. The van der Waals surface area contributed by atoms with Crippen molar-refractivity contribution in [2.24, 2.45) is 17.8 Å². The van der Waals surface area contributed by atoms with Gasteiger partial charge in [0.25, 0.3) is 0 Å². The maximum Gasteiger partial charge on any atom is 0.204 e. The number of fused-ring (bicyclic) bond motifs is 2. The normalized spacial score (nSPS) is 26.2. The van der Waals surface area contributed by atoms with Gasteiger partial charge in [0.15, 0.2) is 0 Å². The highest BCUT2D eigenvalue weighted by atomic mass is 15.5. The molecule has 0 radical (unpaired) electrons. The molecule has 1 saturated carbocycles. The molecule has 2 aliphatic rings. The van der Waals surface area contributed by atoms with Crippen LogP contribution in [-0.2, 0) is 6.54 Å². The summed E-state index contributed by atoms with van der Waals surface area (Å²) in [6.45, 7) is 2.14. The molecular formula is C17H21N5. The maximum atomic E-state index is 4.05. The number of aromatic amines is 1. The van der Waals surface area contributed by atoms with Gasteiger partial charge in [0.05, 0.1) is 0 Å². The van der Waals surface area contributed by atoms with Gasteiger partial charge in [-0.05, 0) is 54.5 Å². The van der Waals surface area contributed by atoms with Crippen LogP contribution in [0.25, 0.3) is 11.4 Å². The van der Waals surface area contributed by atoms with E-state index in [1.165, 1.54) is 24.9 Å². The number of hydrogen-bond acceptors (Lipinski definition) is 4. The Morgan fingerprint density at radius 1 is 1.27 bits per heavy atom. The van der Waals surface area contributed by atoms with Crippen LogP contribution in [0.1, 0.15) is 18.4 Å². The molecule has 0 saturated heterocycles. The molecule has 1 heterocycles.